The third-order valence-corrected chi connectivity index (χ3v) is 4.17. The van der Waals surface area contributed by atoms with Gasteiger partial charge in [0.05, 0.1) is 26.4 Å². The highest BCUT2D eigenvalue weighted by Gasteiger charge is 2.21. The molecule has 146 valence electrons. The van der Waals surface area contributed by atoms with Crippen LogP contribution in [-0.4, -0.2) is 49.2 Å². The van der Waals surface area contributed by atoms with Crippen molar-refractivity contribution in [2.45, 2.75) is 25.1 Å². The highest BCUT2D eigenvalue weighted by Crippen LogP contribution is 2.22. The van der Waals surface area contributed by atoms with E-state index in [9.17, 15) is 9.90 Å². The minimum Gasteiger partial charge on any atom is -0.497 e. The molecule has 0 bridgehead atoms. The number of benzene rings is 2. The SMILES string of the molecule is COc1cc(CNC[C@H](O)[C@H](Cc2ccccc2)NC(=O)O)cc(OC)c1. The van der Waals surface area contributed by atoms with Crippen LogP contribution in [0.1, 0.15) is 11.1 Å². The van der Waals surface area contributed by atoms with Gasteiger partial charge in [-0.05, 0) is 29.7 Å². The topological polar surface area (TPSA) is 100 Å². The van der Waals surface area contributed by atoms with Crippen LogP contribution >= 0.6 is 0 Å². The maximum absolute atomic E-state index is 11.1. The molecule has 27 heavy (non-hydrogen) atoms. The van der Waals surface area contributed by atoms with Crippen LogP contribution < -0.4 is 20.1 Å². The zero-order valence-electron chi connectivity index (χ0n) is 15.5. The standard InChI is InChI=1S/C20H26N2O5/c1-26-16-8-15(9-17(11-16)27-2)12-21-13-19(23)18(22-20(24)25)10-14-6-4-3-5-7-14/h3-9,11,18-19,21-23H,10,12-13H2,1-2H3,(H,24,25)/t18-,19-/m0/s1. The van der Waals surface area contributed by atoms with Gasteiger partial charge in [0.15, 0.2) is 0 Å². The average molecular weight is 374 g/mol. The summed E-state index contributed by atoms with van der Waals surface area (Å²) in [6.07, 6.45) is -1.63. The Bertz CT molecular complexity index is 701. The van der Waals surface area contributed by atoms with Crippen molar-refractivity contribution in [3.8, 4) is 11.5 Å². The van der Waals surface area contributed by atoms with Gasteiger partial charge in [0.25, 0.3) is 0 Å². The number of hydrogen-bond donors (Lipinski definition) is 4. The fraction of sp³-hybridized carbons (Fsp3) is 0.350. The maximum atomic E-state index is 11.1. The molecule has 0 spiro atoms. The number of methoxy groups -OCH3 is 2. The summed E-state index contributed by atoms with van der Waals surface area (Å²) in [7, 11) is 3.17. The summed E-state index contributed by atoms with van der Waals surface area (Å²) in [5.74, 6) is 1.36. The molecule has 0 unspecified atom stereocenters. The Labute approximate surface area is 158 Å². The summed E-state index contributed by atoms with van der Waals surface area (Å²) in [6, 6.07) is 14.4. The molecule has 1 amide bonds. The molecule has 0 saturated heterocycles. The molecule has 0 saturated carbocycles. The monoisotopic (exact) mass is 374 g/mol. The number of carboxylic acid groups (broad SMARTS) is 1. The van der Waals surface area contributed by atoms with Gasteiger partial charge in [-0.2, -0.15) is 0 Å². The third-order valence-electron chi connectivity index (χ3n) is 4.17. The number of aliphatic hydroxyl groups excluding tert-OH is 1. The second-order valence-electron chi connectivity index (χ2n) is 6.16. The third kappa shape index (κ3) is 6.80. The van der Waals surface area contributed by atoms with Crippen LogP contribution in [0.4, 0.5) is 4.79 Å². The molecular weight excluding hydrogens is 348 g/mol. The van der Waals surface area contributed by atoms with Gasteiger partial charge in [-0.15, -0.1) is 0 Å². The molecule has 0 aromatic heterocycles. The number of amides is 1. The molecule has 2 aromatic carbocycles. The fourth-order valence-electron chi connectivity index (χ4n) is 2.78. The van der Waals surface area contributed by atoms with Gasteiger partial charge in [-0.3, -0.25) is 0 Å². The van der Waals surface area contributed by atoms with Gasteiger partial charge in [-0.1, -0.05) is 30.3 Å². The maximum Gasteiger partial charge on any atom is 0.404 e. The van der Waals surface area contributed by atoms with E-state index in [1.807, 2.05) is 42.5 Å². The number of carbonyl (C=O) groups is 1. The zero-order chi connectivity index (χ0) is 19.6. The summed E-state index contributed by atoms with van der Waals surface area (Å²) in [4.78, 5) is 11.1. The van der Waals surface area contributed by atoms with Crippen LogP contribution in [0.5, 0.6) is 11.5 Å². The van der Waals surface area contributed by atoms with E-state index in [-0.39, 0.29) is 6.54 Å². The first-order chi connectivity index (χ1) is 13.0. The van der Waals surface area contributed by atoms with Gasteiger partial charge < -0.3 is 30.3 Å². The Morgan fingerprint density at radius 3 is 2.22 bits per heavy atom. The smallest absolute Gasteiger partial charge is 0.404 e. The lowest BCUT2D eigenvalue weighted by molar-refractivity contribution is 0.117. The van der Waals surface area contributed by atoms with Crippen molar-refractivity contribution in [2.24, 2.45) is 0 Å². The molecule has 0 radical (unpaired) electrons. The van der Waals surface area contributed by atoms with Gasteiger partial charge in [0.2, 0.25) is 0 Å². The molecular formula is C20H26N2O5. The minimum atomic E-state index is -1.16. The Morgan fingerprint density at radius 2 is 1.67 bits per heavy atom. The summed E-state index contributed by atoms with van der Waals surface area (Å²) >= 11 is 0. The number of hydrogen-bond acceptors (Lipinski definition) is 5. The number of nitrogens with one attached hydrogen (secondary N) is 2. The Kier molecular flexibility index (Phi) is 7.91. The predicted octanol–water partition coefficient (Wildman–Crippen LogP) is 2.03. The number of rotatable bonds is 10. The van der Waals surface area contributed by atoms with Crippen LogP contribution in [0.15, 0.2) is 48.5 Å². The molecule has 7 nitrogen and oxygen atoms in total. The van der Waals surface area contributed by atoms with Crippen molar-refractivity contribution >= 4 is 6.09 Å². The van der Waals surface area contributed by atoms with Crippen LogP contribution in [0, 0.1) is 0 Å². The van der Waals surface area contributed by atoms with Crippen molar-refractivity contribution in [1.29, 1.82) is 0 Å². The van der Waals surface area contributed by atoms with Crippen molar-refractivity contribution in [1.82, 2.24) is 10.6 Å². The molecule has 7 heteroatoms. The van der Waals surface area contributed by atoms with E-state index in [1.165, 1.54) is 0 Å². The molecule has 2 rings (SSSR count). The van der Waals surface area contributed by atoms with Gasteiger partial charge in [0, 0.05) is 19.2 Å². The molecule has 2 atom stereocenters. The molecule has 0 aliphatic heterocycles. The molecule has 0 fully saturated rings. The highest BCUT2D eigenvalue weighted by atomic mass is 16.5. The van der Waals surface area contributed by atoms with E-state index in [0.717, 1.165) is 11.1 Å². The van der Waals surface area contributed by atoms with Crippen molar-refractivity contribution in [3.05, 3.63) is 59.7 Å². The first kappa shape index (κ1) is 20.5. The lowest BCUT2D eigenvalue weighted by Gasteiger charge is -2.23. The molecule has 0 aliphatic rings. The van der Waals surface area contributed by atoms with Crippen molar-refractivity contribution in [2.75, 3.05) is 20.8 Å². The quantitative estimate of drug-likeness (QED) is 0.508. The van der Waals surface area contributed by atoms with Crippen LogP contribution in [0.2, 0.25) is 0 Å². The largest absolute Gasteiger partial charge is 0.497 e. The Hall–Kier alpha value is -2.77. The average Bonchev–Trinajstić information content (AvgIpc) is 2.67. The summed E-state index contributed by atoms with van der Waals surface area (Å²) in [5, 5.41) is 25.1. The molecule has 4 N–H and O–H groups in total. The zero-order valence-corrected chi connectivity index (χ0v) is 15.5. The lowest BCUT2D eigenvalue weighted by atomic mass is 10.0. The lowest BCUT2D eigenvalue weighted by Crippen LogP contribution is -2.48. The van der Waals surface area contributed by atoms with E-state index in [4.69, 9.17) is 14.6 Å². The normalized spacial score (nSPS) is 12.9. The molecule has 0 aliphatic carbocycles. The molecule has 2 aromatic rings. The molecule has 0 heterocycles. The van der Waals surface area contributed by atoms with E-state index >= 15 is 0 Å². The van der Waals surface area contributed by atoms with E-state index in [2.05, 4.69) is 10.6 Å². The van der Waals surface area contributed by atoms with Gasteiger partial charge >= 0.3 is 6.09 Å². The van der Waals surface area contributed by atoms with E-state index < -0.39 is 18.2 Å². The minimum absolute atomic E-state index is 0.233. The van der Waals surface area contributed by atoms with Crippen LogP contribution in [0.3, 0.4) is 0 Å². The first-order valence-electron chi connectivity index (χ1n) is 8.66. The summed E-state index contributed by atoms with van der Waals surface area (Å²) < 4.78 is 10.5. The second-order valence-corrected chi connectivity index (χ2v) is 6.16. The second kappa shape index (κ2) is 10.4. The van der Waals surface area contributed by atoms with E-state index in [0.29, 0.717) is 24.5 Å². The van der Waals surface area contributed by atoms with Crippen molar-refractivity contribution in [3.63, 3.8) is 0 Å². The van der Waals surface area contributed by atoms with Crippen LogP contribution in [0.25, 0.3) is 0 Å². The number of ether oxygens (including phenoxy) is 2. The van der Waals surface area contributed by atoms with Crippen molar-refractivity contribution < 1.29 is 24.5 Å². The fourth-order valence-corrected chi connectivity index (χ4v) is 2.78. The summed E-state index contributed by atoms with van der Waals surface area (Å²) in [6.45, 7) is 0.715. The van der Waals surface area contributed by atoms with Gasteiger partial charge in [0.1, 0.15) is 11.5 Å². The first-order valence-corrected chi connectivity index (χ1v) is 8.66. The van der Waals surface area contributed by atoms with E-state index in [1.54, 1.807) is 20.3 Å². The summed E-state index contributed by atoms with van der Waals surface area (Å²) in [5.41, 5.74) is 1.89. The highest BCUT2D eigenvalue weighted by molar-refractivity contribution is 5.65. The Balaban J connectivity index is 1.94. The Morgan fingerprint density at radius 1 is 1.04 bits per heavy atom. The number of aliphatic hydroxyl groups is 1. The predicted molar refractivity (Wildman–Crippen MR) is 102 cm³/mol. The van der Waals surface area contributed by atoms with Gasteiger partial charge in [-0.25, -0.2) is 4.79 Å². The van der Waals surface area contributed by atoms with Crippen LogP contribution in [-0.2, 0) is 13.0 Å².